The first-order chi connectivity index (χ1) is 3.81. The number of aliphatic imine (C=N–C) groups is 1. The molecular formula is C5H9N3. The molecule has 0 unspecified atom stereocenters. The van der Waals surface area contributed by atoms with Gasteiger partial charge in [-0.25, -0.2) is 4.99 Å². The lowest BCUT2D eigenvalue weighted by Gasteiger charge is -1.80. The molecule has 0 aliphatic carbocycles. The molecule has 0 rings (SSSR count). The molecule has 0 aliphatic heterocycles. The molecule has 44 valence electrons. The van der Waals surface area contributed by atoms with E-state index in [-0.39, 0.29) is 0 Å². The maximum Gasteiger partial charge on any atom is 0.147 e. The van der Waals surface area contributed by atoms with Gasteiger partial charge in [-0.15, -0.1) is 5.10 Å². The number of hydrogen-bond acceptors (Lipinski definition) is 2. The Morgan fingerprint density at radius 1 is 1.62 bits per heavy atom. The zero-order valence-corrected chi connectivity index (χ0v) is 5.13. The monoisotopic (exact) mass is 111 g/mol. The van der Waals surface area contributed by atoms with Gasteiger partial charge in [0.25, 0.3) is 0 Å². The van der Waals surface area contributed by atoms with Crippen molar-refractivity contribution in [1.82, 2.24) is 0 Å². The first-order valence-corrected chi connectivity index (χ1v) is 2.30. The van der Waals surface area contributed by atoms with E-state index in [9.17, 15) is 0 Å². The summed E-state index contributed by atoms with van der Waals surface area (Å²) in [6, 6.07) is 0. The third-order valence-electron chi connectivity index (χ3n) is 0.531. The maximum atomic E-state index is 3.81. The molecule has 3 nitrogen and oxygen atoms in total. The quantitative estimate of drug-likeness (QED) is 0.276. The van der Waals surface area contributed by atoms with E-state index in [1.807, 2.05) is 6.92 Å². The van der Waals surface area contributed by atoms with Crippen molar-refractivity contribution in [2.45, 2.75) is 13.8 Å². The van der Waals surface area contributed by atoms with E-state index in [1.165, 1.54) is 0 Å². The Kier molecular flexibility index (Phi) is 3.66. The fourth-order valence-electron chi connectivity index (χ4n) is 0.315. The van der Waals surface area contributed by atoms with Crippen LogP contribution in [0.4, 0.5) is 0 Å². The minimum Gasteiger partial charge on any atom is -0.244 e. The third-order valence-corrected chi connectivity index (χ3v) is 0.531. The summed E-state index contributed by atoms with van der Waals surface area (Å²) in [5.74, 6) is 0.627. The lowest BCUT2D eigenvalue weighted by Crippen LogP contribution is -1.81. The van der Waals surface area contributed by atoms with Crippen molar-refractivity contribution in [1.29, 1.82) is 0 Å². The van der Waals surface area contributed by atoms with Gasteiger partial charge in [-0.05, 0) is 13.8 Å². The van der Waals surface area contributed by atoms with Crippen molar-refractivity contribution in [2.24, 2.45) is 15.2 Å². The smallest absolute Gasteiger partial charge is 0.147 e. The molecule has 0 bridgehead atoms. The van der Waals surface area contributed by atoms with Gasteiger partial charge in [0, 0.05) is 12.9 Å². The molecule has 8 heavy (non-hydrogen) atoms. The minimum atomic E-state index is 0.627. The normalized spacial score (nSPS) is 12.5. The Morgan fingerprint density at radius 2 is 2.25 bits per heavy atom. The molecule has 0 radical (unpaired) electrons. The van der Waals surface area contributed by atoms with Crippen LogP contribution in [-0.2, 0) is 0 Å². The lowest BCUT2D eigenvalue weighted by atomic mass is 10.7. The van der Waals surface area contributed by atoms with Crippen molar-refractivity contribution in [3.63, 3.8) is 0 Å². The molecule has 3 heteroatoms. The highest BCUT2D eigenvalue weighted by Gasteiger charge is 1.75. The molecule has 0 fully saturated rings. The fourth-order valence-corrected chi connectivity index (χ4v) is 0.315. The second-order valence-corrected chi connectivity index (χ2v) is 1.18. The van der Waals surface area contributed by atoms with Crippen LogP contribution in [0.3, 0.4) is 0 Å². The summed E-state index contributed by atoms with van der Waals surface area (Å²) in [5.41, 5.74) is 0. The van der Waals surface area contributed by atoms with Crippen molar-refractivity contribution < 1.29 is 0 Å². The molecular weight excluding hydrogens is 102 g/mol. The van der Waals surface area contributed by atoms with Crippen LogP contribution in [0.25, 0.3) is 0 Å². The van der Waals surface area contributed by atoms with E-state index in [2.05, 4.69) is 21.9 Å². The summed E-state index contributed by atoms with van der Waals surface area (Å²) in [6.07, 6.45) is 1.66. The molecule has 0 saturated heterocycles. The van der Waals surface area contributed by atoms with Crippen LogP contribution in [0.2, 0.25) is 0 Å². The van der Waals surface area contributed by atoms with Gasteiger partial charge in [-0.1, -0.05) is 0 Å². The molecule has 0 aromatic carbocycles. The molecule has 0 atom stereocenters. The fraction of sp³-hybridized carbons (Fsp3) is 0.400. The van der Waals surface area contributed by atoms with Crippen LogP contribution < -0.4 is 0 Å². The summed E-state index contributed by atoms with van der Waals surface area (Å²) in [4.78, 5) is 3.81. The maximum absolute atomic E-state index is 3.81. The van der Waals surface area contributed by atoms with Crippen LogP contribution in [-0.4, -0.2) is 18.8 Å². The molecule has 0 amide bonds. The van der Waals surface area contributed by atoms with Gasteiger partial charge in [0.05, 0.1) is 0 Å². The van der Waals surface area contributed by atoms with Gasteiger partial charge in [-0.3, -0.25) is 0 Å². The van der Waals surface area contributed by atoms with E-state index in [1.54, 1.807) is 13.1 Å². The summed E-state index contributed by atoms with van der Waals surface area (Å²) >= 11 is 0. The van der Waals surface area contributed by atoms with Gasteiger partial charge < -0.3 is 0 Å². The number of rotatable bonds is 1. The predicted molar refractivity (Wildman–Crippen MR) is 36.8 cm³/mol. The van der Waals surface area contributed by atoms with E-state index < -0.39 is 0 Å². The largest absolute Gasteiger partial charge is 0.244 e. The highest BCUT2D eigenvalue weighted by Crippen LogP contribution is 1.76. The zero-order valence-electron chi connectivity index (χ0n) is 5.13. The molecule has 0 aromatic rings. The van der Waals surface area contributed by atoms with E-state index in [4.69, 9.17) is 0 Å². The van der Waals surface area contributed by atoms with E-state index in [0.717, 1.165) is 0 Å². The van der Waals surface area contributed by atoms with Crippen LogP contribution in [0.15, 0.2) is 15.2 Å². The summed E-state index contributed by atoms with van der Waals surface area (Å²) in [6.45, 7) is 6.75. The Balaban J connectivity index is 3.79. The highest BCUT2D eigenvalue weighted by atomic mass is 15.2. The highest BCUT2D eigenvalue weighted by molar-refractivity contribution is 5.86. The first-order valence-electron chi connectivity index (χ1n) is 2.30. The topological polar surface area (TPSA) is 37.1 Å². The van der Waals surface area contributed by atoms with Crippen LogP contribution in [0.1, 0.15) is 13.8 Å². The molecule has 0 saturated carbocycles. The van der Waals surface area contributed by atoms with Gasteiger partial charge in [0.15, 0.2) is 0 Å². The van der Waals surface area contributed by atoms with Crippen molar-refractivity contribution in [2.75, 3.05) is 0 Å². The van der Waals surface area contributed by atoms with Gasteiger partial charge in [0.2, 0.25) is 0 Å². The predicted octanol–water partition coefficient (Wildman–Crippen LogP) is 1.11. The summed E-state index contributed by atoms with van der Waals surface area (Å²) in [7, 11) is 0. The van der Waals surface area contributed by atoms with Crippen molar-refractivity contribution in [3.8, 4) is 0 Å². The van der Waals surface area contributed by atoms with Crippen LogP contribution >= 0.6 is 0 Å². The number of nitrogens with zero attached hydrogens (tertiary/aromatic N) is 3. The van der Waals surface area contributed by atoms with Gasteiger partial charge in [0.1, 0.15) is 5.84 Å². The number of amidine groups is 1. The van der Waals surface area contributed by atoms with E-state index in [0.29, 0.717) is 5.84 Å². The van der Waals surface area contributed by atoms with Crippen molar-refractivity contribution >= 4 is 18.8 Å². The Labute approximate surface area is 48.9 Å². The van der Waals surface area contributed by atoms with Gasteiger partial charge in [-0.2, -0.15) is 5.10 Å². The average molecular weight is 111 g/mol. The third kappa shape index (κ3) is 3.21. The minimum absolute atomic E-state index is 0.627. The Morgan fingerprint density at radius 3 is 2.62 bits per heavy atom. The second-order valence-electron chi connectivity index (χ2n) is 1.18. The zero-order chi connectivity index (χ0) is 6.41. The second kappa shape index (κ2) is 4.18. The SMILES string of the molecule is C=N/N=C(C)\N=C/C. The molecule has 0 aliphatic rings. The summed E-state index contributed by atoms with van der Waals surface area (Å²) in [5, 5.41) is 6.83. The van der Waals surface area contributed by atoms with Crippen LogP contribution in [0, 0.1) is 0 Å². The Bertz CT molecular complexity index is 124. The van der Waals surface area contributed by atoms with Gasteiger partial charge >= 0.3 is 0 Å². The molecule has 0 heterocycles. The molecule has 0 N–H and O–H groups in total. The Hall–Kier alpha value is -0.990. The summed E-state index contributed by atoms with van der Waals surface area (Å²) < 4.78 is 0. The molecule has 0 aromatic heterocycles. The molecule has 0 spiro atoms. The lowest BCUT2D eigenvalue weighted by molar-refractivity contribution is 1.24. The first kappa shape index (κ1) is 7.01. The standard InChI is InChI=1S/C5H9N3/c1-4-7-5(2)8-6-3/h4H,3H2,1-2H3/b7-4-,8-5-. The van der Waals surface area contributed by atoms with Crippen molar-refractivity contribution in [3.05, 3.63) is 0 Å². The van der Waals surface area contributed by atoms with Crippen LogP contribution in [0.5, 0.6) is 0 Å². The van der Waals surface area contributed by atoms with E-state index >= 15 is 0 Å². The number of hydrogen-bond donors (Lipinski definition) is 0. The average Bonchev–Trinajstić information content (AvgIpc) is 1.68.